The van der Waals surface area contributed by atoms with Crippen LogP contribution in [0.5, 0.6) is 0 Å². The van der Waals surface area contributed by atoms with Crippen molar-refractivity contribution in [1.29, 1.82) is 0 Å². The molecule has 3 heteroatoms. The first-order valence-electron chi connectivity index (χ1n) is 7.14. The maximum atomic E-state index is 3.40. The first kappa shape index (κ1) is 15.7. The third kappa shape index (κ3) is 5.51. The Morgan fingerprint density at radius 2 is 2.11 bits per heavy atom. The molecule has 0 aliphatic heterocycles. The van der Waals surface area contributed by atoms with Crippen molar-refractivity contribution in [1.82, 2.24) is 10.2 Å². The van der Waals surface area contributed by atoms with E-state index >= 15 is 0 Å². The molecule has 0 aromatic carbocycles. The fourth-order valence-electron chi connectivity index (χ4n) is 2.29. The van der Waals surface area contributed by atoms with Gasteiger partial charge in [0.2, 0.25) is 0 Å². The molecule has 1 aromatic heterocycles. The number of thiophene rings is 1. The molecular formula is C15H28N2S. The van der Waals surface area contributed by atoms with E-state index in [0.717, 1.165) is 19.6 Å². The summed E-state index contributed by atoms with van der Waals surface area (Å²) < 4.78 is 0. The Labute approximate surface area is 116 Å². The van der Waals surface area contributed by atoms with Crippen LogP contribution >= 0.6 is 11.3 Å². The first-order chi connectivity index (χ1) is 8.65. The Morgan fingerprint density at radius 3 is 2.67 bits per heavy atom. The highest BCUT2D eigenvalue weighted by Gasteiger charge is 2.17. The monoisotopic (exact) mass is 268 g/mol. The summed E-state index contributed by atoms with van der Waals surface area (Å²) >= 11 is 1.86. The van der Waals surface area contributed by atoms with Gasteiger partial charge in [-0.15, -0.1) is 11.3 Å². The molecule has 2 nitrogen and oxygen atoms in total. The van der Waals surface area contributed by atoms with Crippen LogP contribution in [0.1, 0.15) is 45.4 Å². The van der Waals surface area contributed by atoms with Gasteiger partial charge in [0.15, 0.2) is 0 Å². The highest BCUT2D eigenvalue weighted by Crippen LogP contribution is 2.18. The van der Waals surface area contributed by atoms with Crippen LogP contribution in [0, 0.1) is 0 Å². The van der Waals surface area contributed by atoms with E-state index in [-0.39, 0.29) is 0 Å². The van der Waals surface area contributed by atoms with Crippen molar-refractivity contribution in [2.24, 2.45) is 0 Å². The Hall–Kier alpha value is -0.380. The van der Waals surface area contributed by atoms with Gasteiger partial charge in [-0.3, -0.25) is 4.90 Å². The molecule has 0 fully saturated rings. The molecule has 1 heterocycles. The van der Waals surface area contributed by atoms with Crippen LogP contribution in [0.15, 0.2) is 17.5 Å². The largest absolute Gasteiger partial charge is 0.317 e. The predicted molar refractivity (Wildman–Crippen MR) is 82.2 cm³/mol. The zero-order valence-corrected chi connectivity index (χ0v) is 13.1. The normalized spacial score (nSPS) is 13.4. The molecule has 18 heavy (non-hydrogen) atoms. The number of hydrogen-bond acceptors (Lipinski definition) is 3. The number of hydrogen-bond donors (Lipinski definition) is 1. The molecule has 1 N–H and O–H groups in total. The first-order valence-corrected chi connectivity index (χ1v) is 8.02. The van der Waals surface area contributed by atoms with Gasteiger partial charge in [-0.05, 0) is 58.1 Å². The molecule has 0 aliphatic rings. The predicted octanol–water partition coefficient (Wildman–Crippen LogP) is 3.74. The fraction of sp³-hybridized carbons (Fsp3) is 0.733. The van der Waals surface area contributed by atoms with Gasteiger partial charge >= 0.3 is 0 Å². The highest BCUT2D eigenvalue weighted by molar-refractivity contribution is 7.09. The lowest BCUT2D eigenvalue weighted by atomic mass is 10.1. The average Bonchev–Trinajstić information content (AvgIpc) is 2.84. The minimum Gasteiger partial charge on any atom is -0.317 e. The molecule has 1 atom stereocenters. The van der Waals surface area contributed by atoms with Crippen molar-refractivity contribution < 1.29 is 0 Å². The molecule has 0 bridgehead atoms. The van der Waals surface area contributed by atoms with Gasteiger partial charge in [0.25, 0.3) is 0 Å². The third-order valence-electron chi connectivity index (χ3n) is 3.37. The summed E-state index contributed by atoms with van der Waals surface area (Å²) in [5.41, 5.74) is 0. The second-order valence-corrected chi connectivity index (χ2v) is 6.22. The molecule has 0 saturated heterocycles. The zero-order chi connectivity index (χ0) is 13.4. The van der Waals surface area contributed by atoms with Crippen molar-refractivity contribution in [2.75, 3.05) is 13.1 Å². The highest BCUT2D eigenvalue weighted by atomic mass is 32.1. The smallest absolute Gasteiger partial charge is 0.0333 e. The Balaban J connectivity index is 2.40. The van der Waals surface area contributed by atoms with E-state index in [1.807, 2.05) is 11.3 Å². The van der Waals surface area contributed by atoms with E-state index in [2.05, 4.69) is 55.4 Å². The molecule has 1 rings (SSSR count). The SMILES string of the molecule is CCNCCCC(C)N(Cc1cccs1)C(C)C. The van der Waals surface area contributed by atoms with E-state index in [4.69, 9.17) is 0 Å². The van der Waals surface area contributed by atoms with Crippen molar-refractivity contribution in [3.63, 3.8) is 0 Å². The van der Waals surface area contributed by atoms with Crippen LogP contribution in [-0.2, 0) is 6.54 Å². The molecule has 1 unspecified atom stereocenters. The average molecular weight is 268 g/mol. The standard InChI is InChI=1S/C15H28N2S/c1-5-16-10-6-8-14(4)17(13(2)3)12-15-9-7-11-18-15/h7,9,11,13-14,16H,5-6,8,10,12H2,1-4H3. The van der Waals surface area contributed by atoms with Gasteiger partial charge in [-0.1, -0.05) is 13.0 Å². The van der Waals surface area contributed by atoms with Gasteiger partial charge in [0, 0.05) is 23.5 Å². The molecule has 104 valence electrons. The van der Waals surface area contributed by atoms with Crippen molar-refractivity contribution in [3.8, 4) is 0 Å². The molecular weight excluding hydrogens is 240 g/mol. The van der Waals surface area contributed by atoms with Gasteiger partial charge in [0.05, 0.1) is 0 Å². The van der Waals surface area contributed by atoms with Gasteiger partial charge in [-0.2, -0.15) is 0 Å². The second-order valence-electron chi connectivity index (χ2n) is 5.19. The van der Waals surface area contributed by atoms with Crippen LogP contribution in [0.4, 0.5) is 0 Å². The van der Waals surface area contributed by atoms with Crippen LogP contribution in [0.2, 0.25) is 0 Å². The minimum atomic E-state index is 0.612. The van der Waals surface area contributed by atoms with Crippen LogP contribution in [0.3, 0.4) is 0 Å². The van der Waals surface area contributed by atoms with Crippen LogP contribution in [0.25, 0.3) is 0 Å². The summed E-state index contributed by atoms with van der Waals surface area (Å²) in [5.74, 6) is 0. The lowest BCUT2D eigenvalue weighted by Crippen LogP contribution is -2.38. The Morgan fingerprint density at radius 1 is 1.33 bits per heavy atom. The lowest BCUT2D eigenvalue weighted by Gasteiger charge is -2.32. The van der Waals surface area contributed by atoms with Gasteiger partial charge in [0.1, 0.15) is 0 Å². The summed E-state index contributed by atoms with van der Waals surface area (Å²) in [6, 6.07) is 5.66. The second kappa shape index (κ2) is 8.68. The maximum Gasteiger partial charge on any atom is 0.0333 e. The molecule has 0 spiro atoms. The van der Waals surface area contributed by atoms with Gasteiger partial charge in [-0.25, -0.2) is 0 Å². The minimum absolute atomic E-state index is 0.612. The lowest BCUT2D eigenvalue weighted by molar-refractivity contribution is 0.147. The summed E-state index contributed by atoms with van der Waals surface area (Å²) in [7, 11) is 0. The molecule has 0 amide bonds. The summed E-state index contributed by atoms with van der Waals surface area (Å²) in [4.78, 5) is 4.08. The molecule has 0 aliphatic carbocycles. The van der Waals surface area contributed by atoms with E-state index in [9.17, 15) is 0 Å². The summed E-state index contributed by atoms with van der Waals surface area (Å²) in [6.07, 6.45) is 2.54. The van der Waals surface area contributed by atoms with Crippen molar-refractivity contribution in [3.05, 3.63) is 22.4 Å². The number of nitrogens with zero attached hydrogens (tertiary/aromatic N) is 1. The van der Waals surface area contributed by atoms with E-state index in [1.54, 1.807) is 0 Å². The quantitative estimate of drug-likeness (QED) is 0.686. The molecule has 1 aromatic rings. The van der Waals surface area contributed by atoms with E-state index in [1.165, 1.54) is 17.7 Å². The number of nitrogens with one attached hydrogen (secondary N) is 1. The Bertz CT molecular complexity index is 295. The van der Waals surface area contributed by atoms with E-state index in [0.29, 0.717) is 12.1 Å². The van der Waals surface area contributed by atoms with Crippen molar-refractivity contribution >= 4 is 11.3 Å². The topological polar surface area (TPSA) is 15.3 Å². The summed E-state index contributed by atoms with van der Waals surface area (Å²) in [5, 5.41) is 5.57. The fourth-order valence-corrected chi connectivity index (χ4v) is 3.01. The van der Waals surface area contributed by atoms with E-state index < -0.39 is 0 Å². The van der Waals surface area contributed by atoms with Crippen molar-refractivity contribution in [2.45, 2.75) is 59.2 Å². The molecule has 0 saturated carbocycles. The third-order valence-corrected chi connectivity index (χ3v) is 4.23. The van der Waals surface area contributed by atoms with Gasteiger partial charge < -0.3 is 5.32 Å². The Kier molecular flexibility index (Phi) is 7.56. The molecule has 0 radical (unpaired) electrons. The number of rotatable bonds is 9. The van der Waals surface area contributed by atoms with Crippen LogP contribution < -0.4 is 5.32 Å². The maximum absolute atomic E-state index is 3.40. The summed E-state index contributed by atoms with van der Waals surface area (Å²) in [6.45, 7) is 12.4. The zero-order valence-electron chi connectivity index (χ0n) is 12.3. The van der Waals surface area contributed by atoms with Crippen LogP contribution in [-0.4, -0.2) is 30.1 Å².